The smallest absolute Gasteiger partial charge is 0.352 e. The van der Waals surface area contributed by atoms with E-state index < -0.39 is 5.97 Å². The van der Waals surface area contributed by atoms with Gasteiger partial charge in [-0.25, -0.2) is 9.78 Å². The molecule has 0 aliphatic rings. The van der Waals surface area contributed by atoms with Gasteiger partial charge in [0.15, 0.2) is 0 Å². The predicted octanol–water partition coefficient (Wildman–Crippen LogP) is 1.48. The fourth-order valence-electron chi connectivity index (χ4n) is 0.824. The van der Waals surface area contributed by atoms with Crippen LogP contribution in [0.4, 0.5) is 5.82 Å². The molecule has 1 aromatic rings. The standard InChI is InChI=1S/C9H10N2O2/c1-2-7(9(12)13)11-8-5-3-4-6-10-8/h2-6H,1H3,(H,10,11)(H,12,13)/b7-2-. The summed E-state index contributed by atoms with van der Waals surface area (Å²) >= 11 is 0. The minimum absolute atomic E-state index is 0.124. The predicted molar refractivity (Wildman–Crippen MR) is 49.3 cm³/mol. The number of aliphatic carboxylic acids is 1. The first-order chi connectivity index (χ1) is 6.24. The van der Waals surface area contributed by atoms with Crippen molar-refractivity contribution in [2.24, 2.45) is 0 Å². The van der Waals surface area contributed by atoms with Gasteiger partial charge in [0.1, 0.15) is 11.5 Å². The maximum absolute atomic E-state index is 10.6. The first kappa shape index (κ1) is 9.25. The van der Waals surface area contributed by atoms with Crippen LogP contribution >= 0.6 is 0 Å². The van der Waals surface area contributed by atoms with E-state index in [1.807, 2.05) is 0 Å². The first-order valence-electron chi connectivity index (χ1n) is 3.81. The van der Waals surface area contributed by atoms with Crippen LogP contribution in [0.5, 0.6) is 0 Å². The van der Waals surface area contributed by atoms with Crippen LogP contribution in [0.2, 0.25) is 0 Å². The fourth-order valence-corrected chi connectivity index (χ4v) is 0.824. The van der Waals surface area contributed by atoms with Crippen LogP contribution in [-0.2, 0) is 4.79 Å². The average Bonchev–Trinajstić information content (AvgIpc) is 2.15. The van der Waals surface area contributed by atoms with Crippen LogP contribution in [0, 0.1) is 0 Å². The number of pyridine rings is 1. The van der Waals surface area contributed by atoms with Crippen LogP contribution < -0.4 is 5.32 Å². The summed E-state index contributed by atoms with van der Waals surface area (Å²) in [6, 6.07) is 5.25. The Hall–Kier alpha value is -1.84. The zero-order chi connectivity index (χ0) is 9.68. The van der Waals surface area contributed by atoms with Crippen molar-refractivity contribution in [2.45, 2.75) is 6.92 Å². The third-order valence-electron chi connectivity index (χ3n) is 1.45. The van der Waals surface area contributed by atoms with Gasteiger partial charge in [-0.15, -0.1) is 0 Å². The lowest BCUT2D eigenvalue weighted by atomic mass is 10.4. The molecular formula is C9H10N2O2. The van der Waals surface area contributed by atoms with Gasteiger partial charge in [0, 0.05) is 6.20 Å². The number of allylic oxidation sites excluding steroid dienone is 1. The van der Waals surface area contributed by atoms with E-state index in [0.29, 0.717) is 5.82 Å². The summed E-state index contributed by atoms with van der Waals surface area (Å²) in [5, 5.41) is 11.4. The molecule has 0 unspecified atom stereocenters. The molecule has 0 bridgehead atoms. The summed E-state index contributed by atoms with van der Waals surface area (Å²) < 4.78 is 0. The maximum Gasteiger partial charge on any atom is 0.352 e. The SMILES string of the molecule is C/C=C(\Nc1ccccn1)C(=O)O. The maximum atomic E-state index is 10.6. The summed E-state index contributed by atoms with van der Waals surface area (Å²) in [7, 11) is 0. The molecule has 1 heterocycles. The Morgan fingerprint density at radius 3 is 2.85 bits per heavy atom. The van der Waals surface area contributed by atoms with Gasteiger partial charge in [-0.1, -0.05) is 12.1 Å². The number of nitrogens with one attached hydrogen (secondary N) is 1. The number of aromatic nitrogens is 1. The molecule has 0 spiro atoms. The normalized spacial score (nSPS) is 11.0. The highest BCUT2D eigenvalue weighted by atomic mass is 16.4. The Morgan fingerprint density at radius 1 is 1.62 bits per heavy atom. The lowest BCUT2D eigenvalue weighted by Crippen LogP contribution is -2.10. The topological polar surface area (TPSA) is 62.2 Å². The Balaban J connectivity index is 2.74. The average molecular weight is 178 g/mol. The Kier molecular flexibility index (Phi) is 3.03. The van der Waals surface area contributed by atoms with Crippen molar-refractivity contribution in [1.82, 2.24) is 4.98 Å². The van der Waals surface area contributed by atoms with Crippen molar-refractivity contribution in [3.8, 4) is 0 Å². The Bertz CT molecular complexity index is 320. The second-order valence-electron chi connectivity index (χ2n) is 2.35. The molecule has 68 valence electrons. The van der Waals surface area contributed by atoms with Crippen LogP contribution in [0.25, 0.3) is 0 Å². The molecule has 0 saturated heterocycles. The number of hydrogen-bond acceptors (Lipinski definition) is 3. The molecule has 1 aromatic heterocycles. The first-order valence-corrected chi connectivity index (χ1v) is 3.81. The number of carboxylic acids is 1. The van der Waals surface area contributed by atoms with Crippen LogP contribution in [0.1, 0.15) is 6.92 Å². The fraction of sp³-hybridized carbons (Fsp3) is 0.111. The molecule has 4 heteroatoms. The molecule has 0 saturated carbocycles. The third-order valence-corrected chi connectivity index (χ3v) is 1.45. The minimum Gasteiger partial charge on any atom is -0.477 e. The Labute approximate surface area is 75.9 Å². The van der Waals surface area contributed by atoms with Crippen LogP contribution in [0.3, 0.4) is 0 Å². The molecule has 1 rings (SSSR count). The van der Waals surface area contributed by atoms with Gasteiger partial charge in [0.2, 0.25) is 0 Å². The van der Waals surface area contributed by atoms with Gasteiger partial charge in [-0.05, 0) is 19.1 Å². The van der Waals surface area contributed by atoms with Crippen molar-refractivity contribution >= 4 is 11.8 Å². The molecule has 0 radical (unpaired) electrons. The minimum atomic E-state index is -0.992. The van der Waals surface area contributed by atoms with E-state index in [2.05, 4.69) is 10.3 Å². The van der Waals surface area contributed by atoms with E-state index in [1.54, 1.807) is 31.3 Å². The zero-order valence-corrected chi connectivity index (χ0v) is 7.19. The molecule has 0 aliphatic carbocycles. The lowest BCUT2D eigenvalue weighted by Gasteiger charge is -2.03. The number of hydrogen-bond donors (Lipinski definition) is 2. The monoisotopic (exact) mass is 178 g/mol. The molecular weight excluding hydrogens is 168 g/mol. The molecule has 0 atom stereocenters. The highest BCUT2D eigenvalue weighted by molar-refractivity contribution is 5.89. The highest BCUT2D eigenvalue weighted by Crippen LogP contribution is 2.04. The molecule has 0 fully saturated rings. The van der Waals surface area contributed by atoms with Crippen molar-refractivity contribution in [1.29, 1.82) is 0 Å². The van der Waals surface area contributed by atoms with Crippen LogP contribution in [-0.4, -0.2) is 16.1 Å². The Morgan fingerprint density at radius 2 is 2.38 bits per heavy atom. The van der Waals surface area contributed by atoms with Gasteiger partial charge >= 0.3 is 5.97 Å². The molecule has 0 amide bonds. The van der Waals surface area contributed by atoms with Crippen LogP contribution in [0.15, 0.2) is 36.2 Å². The number of carbonyl (C=O) groups is 1. The van der Waals surface area contributed by atoms with Gasteiger partial charge in [-0.2, -0.15) is 0 Å². The van der Waals surface area contributed by atoms with E-state index in [9.17, 15) is 4.79 Å². The molecule has 0 aliphatic heterocycles. The van der Waals surface area contributed by atoms with Crippen molar-refractivity contribution in [3.05, 3.63) is 36.2 Å². The van der Waals surface area contributed by atoms with E-state index in [-0.39, 0.29) is 5.70 Å². The van der Waals surface area contributed by atoms with Gasteiger partial charge in [0.05, 0.1) is 0 Å². The molecule has 0 aromatic carbocycles. The lowest BCUT2D eigenvalue weighted by molar-refractivity contribution is -0.132. The van der Waals surface area contributed by atoms with E-state index in [1.165, 1.54) is 6.08 Å². The summed E-state index contributed by atoms with van der Waals surface area (Å²) in [5.41, 5.74) is 0.124. The van der Waals surface area contributed by atoms with Gasteiger partial charge < -0.3 is 10.4 Å². The van der Waals surface area contributed by atoms with E-state index in [4.69, 9.17) is 5.11 Å². The second-order valence-corrected chi connectivity index (χ2v) is 2.35. The number of anilines is 1. The zero-order valence-electron chi connectivity index (χ0n) is 7.19. The summed E-state index contributed by atoms with van der Waals surface area (Å²) in [6.07, 6.45) is 3.08. The summed E-state index contributed by atoms with van der Waals surface area (Å²) in [6.45, 7) is 1.65. The molecule has 4 nitrogen and oxygen atoms in total. The third kappa shape index (κ3) is 2.59. The number of rotatable bonds is 3. The number of carboxylic acid groups (broad SMARTS) is 1. The molecule has 13 heavy (non-hydrogen) atoms. The van der Waals surface area contributed by atoms with Crippen molar-refractivity contribution in [2.75, 3.05) is 5.32 Å². The number of nitrogens with zero attached hydrogens (tertiary/aromatic N) is 1. The highest BCUT2D eigenvalue weighted by Gasteiger charge is 2.05. The summed E-state index contributed by atoms with van der Waals surface area (Å²) in [5.74, 6) is -0.467. The second kappa shape index (κ2) is 4.25. The largest absolute Gasteiger partial charge is 0.477 e. The summed E-state index contributed by atoms with van der Waals surface area (Å²) in [4.78, 5) is 14.5. The van der Waals surface area contributed by atoms with Gasteiger partial charge in [-0.3, -0.25) is 0 Å². The van der Waals surface area contributed by atoms with Gasteiger partial charge in [0.25, 0.3) is 0 Å². The van der Waals surface area contributed by atoms with Crippen molar-refractivity contribution < 1.29 is 9.90 Å². The van der Waals surface area contributed by atoms with E-state index >= 15 is 0 Å². The van der Waals surface area contributed by atoms with Crippen molar-refractivity contribution in [3.63, 3.8) is 0 Å². The molecule has 2 N–H and O–H groups in total. The van der Waals surface area contributed by atoms with E-state index in [0.717, 1.165) is 0 Å². The quantitative estimate of drug-likeness (QED) is 0.688.